The summed E-state index contributed by atoms with van der Waals surface area (Å²) >= 11 is 0. The SMILES string of the molecule is Cn1ccc(C(=O)CN2CCCOc3ccccc32)c1. The van der Waals surface area contributed by atoms with Gasteiger partial charge in [-0.1, -0.05) is 12.1 Å². The second kappa shape index (κ2) is 5.41. The number of hydrogen-bond acceptors (Lipinski definition) is 3. The van der Waals surface area contributed by atoms with E-state index in [4.69, 9.17) is 4.74 Å². The fraction of sp³-hybridized carbons (Fsp3) is 0.312. The maximum Gasteiger partial charge on any atom is 0.183 e. The molecule has 0 radical (unpaired) electrons. The van der Waals surface area contributed by atoms with Gasteiger partial charge >= 0.3 is 0 Å². The number of Topliss-reactive ketones (excluding diaryl/α,β-unsaturated/α-hetero) is 1. The molecule has 1 aromatic carbocycles. The van der Waals surface area contributed by atoms with Crippen molar-refractivity contribution in [2.45, 2.75) is 6.42 Å². The number of carbonyl (C=O) groups excluding carboxylic acids is 1. The van der Waals surface area contributed by atoms with Gasteiger partial charge < -0.3 is 14.2 Å². The van der Waals surface area contributed by atoms with Crippen LogP contribution in [-0.4, -0.2) is 30.0 Å². The van der Waals surface area contributed by atoms with Gasteiger partial charge in [-0.15, -0.1) is 0 Å². The largest absolute Gasteiger partial charge is 0.491 e. The summed E-state index contributed by atoms with van der Waals surface area (Å²) in [5, 5.41) is 0. The van der Waals surface area contributed by atoms with Crippen LogP contribution in [0.1, 0.15) is 16.8 Å². The van der Waals surface area contributed by atoms with Gasteiger partial charge in [0.25, 0.3) is 0 Å². The molecule has 0 fully saturated rings. The van der Waals surface area contributed by atoms with Crippen LogP contribution in [0, 0.1) is 0 Å². The van der Waals surface area contributed by atoms with Gasteiger partial charge in [0.1, 0.15) is 5.75 Å². The number of aryl methyl sites for hydroxylation is 1. The summed E-state index contributed by atoms with van der Waals surface area (Å²) in [6.45, 7) is 1.94. The Hall–Kier alpha value is -2.23. The van der Waals surface area contributed by atoms with Gasteiger partial charge in [-0.3, -0.25) is 4.79 Å². The van der Waals surface area contributed by atoms with Crippen LogP contribution in [0.15, 0.2) is 42.7 Å². The van der Waals surface area contributed by atoms with Gasteiger partial charge in [-0.25, -0.2) is 0 Å². The minimum absolute atomic E-state index is 0.141. The lowest BCUT2D eigenvalue weighted by molar-refractivity contribution is 0.0999. The van der Waals surface area contributed by atoms with Crippen LogP contribution >= 0.6 is 0 Å². The van der Waals surface area contributed by atoms with E-state index in [0.717, 1.165) is 30.0 Å². The fourth-order valence-corrected chi connectivity index (χ4v) is 2.50. The summed E-state index contributed by atoms with van der Waals surface area (Å²) in [6, 6.07) is 9.77. The number of fused-ring (bicyclic) bond motifs is 1. The van der Waals surface area contributed by atoms with Crippen molar-refractivity contribution in [3.63, 3.8) is 0 Å². The maximum absolute atomic E-state index is 12.4. The predicted octanol–water partition coefficient (Wildman–Crippen LogP) is 2.50. The molecule has 4 nitrogen and oxygen atoms in total. The molecule has 0 atom stereocenters. The zero-order chi connectivity index (χ0) is 13.9. The molecule has 0 N–H and O–H groups in total. The average Bonchev–Trinajstić information content (AvgIpc) is 2.79. The van der Waals surface area contributed by atoms with Gasteiger partial charge in [0.15, 0.2) is 5.78 Å². The Bertz CT molecular complexity index is 618. The number of nitrogens with zero attached hydrogens (tertiary/aromatic N) is 2. The number of rotatable bonds is 3. The van der Waals surface area contributed by atoms with E-state index in [1.165, 1.54) is 0 Å². The van der Waals surface area contributed by atoms with Gasteiger partial charge in [0.05, 0.1) is 18.8 Å². The van der Waals surface area contributed by atoms with E-state index in [-0.39, 0.29) is 5.78 Å². The first-order valence-electron chi connectivity index (χ1n) is 6.86. The number of benzene rings is 1. The van der Waals surface area contributed by atoms with Crippen molar-refractivity contribution >= 4 is 11.5 Å². The van der Waals surface area contributed by atoms with E-state index < -0.39 is 0 Å². The summed E-state index contributed by atoms with van der Waals surface area (Å²) in [6.07, 6.45) is 4.69. The van der Waals surface area contributed by atoms with Crippen LogP contribution in [0.5, 0.6) is 5.75 Å². The molecule has 0 saturated heterocycles. The Labute approximate surface area is 118 Å². The molecule has 2 heterocycles. The minimum Gasteiger partial charge on any atom is -0.491 e. The van der Waals surface area contributed by atoms with E-state index in [1.807, 2.05) is 54.3 Å². The quantitative estimate of drug-likeness (QED) is 0.804. The van der Waals surface area contributed by atoms with Gasteiger partial charge in [-0.05, 0) is 24.6 Å². The summed E-state index contributed by atoms with van der Waals surface area (Å²) < 4.78 is 7.61. The molecule has 1 aliphatic heterocycles. The second-order valence-electron chi connectivity index (χ2n) is 5.08. The molecule has 0 spiro atoms. The van der Waals surface area contributed by atoms with E-state index in [0.29, 0.717) is 13.2 Å². The molecular weight excluding hydrogens is 252 g/mol. The lowest BCUT2D eigenvalue weighted by Crippen LogP contribution is -2.30. The lowest BCUT2D eigenvalue weighted by Gasteiger charge is -2.22. The van der Waals surface area contributed by atoms with E-state index >= 15 is 0 Å². The molecule has 0 aliphatic carbocycles. The van der Waals surface area contributed by atoms with Gasteiger partial charge in [0.2, 0.25) is 0 Å². The molecule has 104 valence electrons. The third-order valence-electron chi connectivity index (χ3n) is 3.52. The molecule has 20 heavy (non-hydrogen) atoms. The Morgan fingerprint density at radius 2 is 2.15 bits per heavy atom. The first-order valence-corrected chi connectivity index (χ1v) is 6.86. The molecule has 2 aromatic rings. The van der Waals surface area contributed by atoms with Crippen molar-refractivity contribution in [2.75, 3.05) is 24.6 Å². The molecule has 1 aromatic heterocycles. The molecular formula is C16H18N2O2. The number of ketones is 1. The highest BCUT2D eigenvalue weighted by atomic mass is 16.5. The fourth-order valence-electron chi connectivity index (χ4n) is 2.50. The number of ether oxygens (including phenoxy) is 1. The smallest absolute Gasteiger partial charge is 0.183 e. The Morgan fingerprint density at radius 1 is 1.30 bits per heavy atom. The van der Waals surface area contributed by atoms with E-state index in [1.54, 1.807) is 0 Å². The third kappa shape index (κ3) is 2.54. The molecule has 0 bridgehead atoms. The zero-order valence-electron chi connectivity index (χ0n) is 11.6. The van der Waals surface area contributed by atoms with Gasteiger partial charge in [0, 0.05) is 31.5 Å². The van der Waals surface area contributed by atoms with Crippen molar-refractivity contribution in [3.05, 3.63) is 48.3 Å². The molecule has 0 saturated carbocycles. The predicted molar refractivity (Wildman–Crippen MR) is 78.5 cm³/mol. The molecule has 4 heteroatoms. The lowest BCUT2D eigenvalue weighted by atomic mass is 10.2. The highest BCUT2D eigenvalue weighted by Gasteiger charge is 2.19. The molecule has 1 aliphatic rings. The van der Waals surface area contributed by atoms with Crippen LogP contribution in [0.2, 0.25) is 0 Å². The first kappa shape index (κ1) is 12.8. The Morgan fingerprint density at radius 3 is 2.95 bits per heavy atom. The summed E-state index contributed by atoms with van der Waals surface area (Å²) in [5.41, 5.74) is 1.77. The maximum atomic E-state index is 12.4. The normalized spacial score (nSPS) is 14.3. The van der Waals surface area contributed by atoms with Crippen molar-refractivity contribution in [3.8, 4) is 5.75 Å². The number of anilines is 1. The topological polar surface area (TPSA) is 34.5 Å². The summed E-state index contributed by atoms with van der Waals surface area (Å²) in [4.78, 5) is 14.5. The van der Waals surface area contributed by atoms with E-state index in [2.05, 4.69) is 4.90 Å². The van der Waals surface area contributed by atoms with Crippen LogP contribution in [-0.2, 0) is 7.05 Å². The van der Waals surface area contributed by atoms with Crippen LogP contribution in [0.4, 0.5) is 5.69 Å². The summed E-state index contributed by atoms with van der Waals surface area (Å²) in [7, 11) is 1.92. The monoisotopic (exact) mass is 270 g/mol. The second-order valence-corrected chi connectivity index (χ2v) is 5.08. The number of hydrogen-bond donors (Lipinski definition) is 0. The minimum atomic E-state index is 0.141. The van der Waals surface area contributed by atoms with Crippen molar-refractivity contribution in [1.29, 1.82) is 0 Å². The Kier molecular flexibility index (Phi) is 3.46. The third-order valence-corrected chi connectivity index (χ3v) is 3.52. The van der Waals surface area contributed by atoms with Gasteiger partial charge in [-0.2, -0.15) is 0 Å². The van der Waals surface area contributed by atoms with Crippen molar-refractivity contribution < 1.29 is 9.53 Å². The summed E-state index contributed by atoms with van der Waals surface area (Å²) in [5.74, 6) is 1.01. The van der Waals surface area contributed by atoms with E-state index in [9.17, 15) is 4.79 Å². The molecule has 0 amide bonds. The number of para-hydroxylation sites is 2. The highest BCUT2D eigenvalue weighted by Crippen LogP contribution is 2.30. The number of carbonyl (C=O) groups is 1. The standard InChI is InChI=1S/C16H18N2O2/c1-17-9-7-13(11-17)15(19)12-18-8-4-10-20-16-6-3-2-5-14(16)18/h2-3,5-7,9,11H,4,8,10,12H2,1H3. The van der Waals surface area contributed by atoms with Crippen molar-refractivity contribution in [2.24, 2.45) is 7.05 Å². The average molecular weight is 270 g/mol. The van der Waals surface area contributed by atoms with Crippen LogP contribution in [0.3, 0.4) is 0 Å². The van der Waals surface area contributed by atoms with Crippen molar-refractivity contribution in [1.82, 2.24) is 4.57 Å². The first-order chi connectivity index (χ1) is 9.74. The molecule has 0 unspecified atom stereocenters. The molecule has 3 rings (SSSR count). The zero-order valence-corrected chi connectivity index (χ0v) is 11.6. The highest BCUT2D eigenvalue weighted by molar-refractivity contribution is 5.99. The van der Waals surface area contributed by atoms with Crippen LogP contribution in [0.25, 0.3) is 0 Å². The van der Waals surface area contributed by atoms with Crippen LogP contribution < -0.4 is 9.64 Å². The Balaban J connectivity index is 1.82. The number of aromatic nitrogens is 1.